The first-order valence-corrected chi connectivity index (χ1v) is 5.84. The van der Waals surface area contributed by atoms with Crippen LogP contribution in [0.5, 0.6) is 5.95 Å². The number of aromatic nitrogens is 1. The lowest BCUT2D eigenvalue weighted by molar-refractivity contribution is 0.0645. The second kappa shape index (κ2) is 3.77. The van der Waals surface area contributed by atoms with Crippen LogP contribution in [0.3, 0.4) is 0 Å². The van der Waals surface area contributed by atoms with E-state index in [0.717, 1.165) is 5.69 Å². The quantitative estimate of drug-likeness (QED) is 0.850. The summed E-state index contributed by atoms with van der Waals surface area (Å²) in [7, 11) is 0. The molecule has 3 heterocycles. The zero-order valence-corrected chi connectivity index (χ0v) is 9.36. The lowest BCUT2D eigenvalue weighted by Gasteiger charge is -2.22. The third kappa shape index (κ3) is 1.74. The zero-order chi connectivity index (χ0) is 11.8. The highest BCUT2D eigenvalue weighted by atomic mass is 32.1. The van der Waals surface area contributed by atoms with Gasteiger partial charge in [0, 0.05) is 11.4 Å². The Balaban J connectivity index is 1.88. The molecule has 0 radical (unpaired) electrons. The van der Waals surface area contributed by atoms with E-state index in [2.05, 4.69) is 10.3 Å². The van der Waals surface area contributed by atoms with Crippen LogP contribution in [-0.2, 0) is 0 Å². The Bertz CT molecular complexity index is 549. The molecule has 1 aliphatic heterocycles. The molecule has 6 nitrogen and oxygen atoms in total. The van der Waals surface area contributed by atoms with Gasteiger partial charge in [-0.1, -0.05) is 0 Å². The highest BCUT2D eigenvalue weighted by molar-refractivity contribution is 7.07. The van der Waals surface area contributed by atoms with Crippen LogP contribution in [0.1, 0.15) is 22.4 Å². The van der Waals surface area contributed by atoms with Crippen LogP contribution in [0, 0.1) is 0 Å². The highest BCUT2D eigenvalue weighted by Gasteiger charge is 2.27. The van der Waals surface area contributed by atoms with Gasteiger partial charge in [-0.15, -0.1) is 11.3 Å². The number of thiazole rings is 1. The van der Waals surface area contributed by atoms with E-state index in [4.69, 9.17) is 14.3 Å². The Morgan fingerprint density at radius 2 is 2.53 bits per heavy atom. The topological polar surface area (TPSA) is 84.6 Å². The van der Waals surface area contributed by atoms with E-state index in [1.807, 2.05) is 5.38 Å². The van der Waals surface area contributed by atoms with E-state index in [0.29, 0.717) is 12.2 Å². The van der Waals surface area contributed by atoms with Gasteiger partial charge in [-0.05, 0) is 0 Å². The van der Waals surface area contributed by atoms with Crippen LogP contribution < -0.4 is 10.1 Å². The van der Waals surface area contributed by atoms with Crippen molar-refractivity contribution in [1.29, 1.82) is 0 Å². The smallest absolute Gasteiger partial charge is 0.372 e. The number of nitrogens with one attached hydrogen (secondary N) is 1. The zero-order valence-electron chi connectivity index (χ0n) is 8.54. The summed E-state index contributed by atoms with van der Waals surface area (Å²) < 4.78 is 10.6. The first kappa shape index (κ1) is 10.2. The summed E-state index contributed by atoms with van der Waals surface area (Å²) in [6.45, 7) is 0.537. The minimum Gasteiger partial charge on any atom is -0.475 e. The lowest BCUT2D eigenvalue weighted by Crippen LogP contribution is -2.22. The molecule has 0 saturated heterocycles. The molecule has 2 N–H and O–H groups in total. The number of aromatic carboxylic acids is 1. The number of hydrogen-bond donors (Lipinski definition) is 2. The van der Waals surface area contributed by atoms with Gasteiger partial charge in [0.25, 0.3) is 0 Å². The number of carboxylic acids is 1. The summed E-state index contributed by atoms with van der Waals surface area (Å²) in [6, 6.07) is 1.41. The maximum absolute atomic E-state index is 10.7. The van der Waals surface area contributed by atoms with Crippen LogP contribution in [0.2, 0.25) is 0 Å². The molecule has 2 aromatic heterocycles. The molecule has 2 aromatic rings. The van der Waals surface area contributed by atoms with Crippen LogP contribution in [0.4, 0.5) is 5.69 Å². The van der Waals surface area contributed by atoms with Crippen molar-refractivity contribution < 1.29 is 19.1 Å². The largest absolute Gasteiger partial charge is 0.475 e. The van der Waals surface area contributed by atoms with Gasteiger partial charge in [0.15, 0.2) is 6.10 Å². The molecule has 1 atom stereocenters. The maximum atomic E-state index is 10.7. The van der Waals surface area contributed by atoms with Crippen molar-refractivity contribution >= 4 is 23.0 Å². The summed E-state index contributed by atoms with van der Waals surface area (Å²) in [6.07, 6.45) is -0.249. The molecule has 0 saturated carbocycles. The fourth-order valence-corrected chi connectivity index (χ4v) is 2.21. The van der Waals surface area contributed by atoms with Gasteiger partial charge in [-0.2, -0.15) is 0 Å². The molecule has 0 aliphatic carbocycles. The van der Waals surface area contributed by atoms with E-state index in [9.17, 15) is 4.79 Å². The summed E-state index contributed by atoms with van der Waals surface area (Å²) in [4.78, 5) is 14.9. The van der Waals surface area contributed by atoms with Gasteiger partial charge < -0.3 is 19.6 Å². The molecule has 0 amide bonds. The Kier molecular flexibility index (Phi) is 2.25. The number of rotatable bonds is 2. The van der Waals surface area contributed by atoms with Gasteiger partial charge in [0.05, 0.1) is 17.7 Å². The summed E-state index contributed by atoms with van der Waals surface area (Å²) in [5.41, 5.74) is 3.09. The SMILES string of the molecule is O=C(O)c1cc2c(o1)OC(c1cscn1)CN2. The third-order valence-corrected chi connectivity index (χ3v) is 3.02. The fraction of sp³-hybridized carbons (Fsp3) is 0.200. The van der Waals surface area contributed by atoms with Gasteiger partial charge in [-0.3, -0.25) is 0 Å². The van der Waals surface area contributed by atoms with Crippen LogP contribution >= 0.6 is 11.3 Å². The van der Waals surface area contributed by atoms with Crippen molar-refractivity contribution in [2.75, 3.05) is 11.9 Å². The summed E-state index contributed by atoms with van der Waals surface area (Å²) >= 11 is 1.48. The van der Waals surface area contributed by atoms with Gasteiger partial charge in [-0.25, -0.2) is 9.78 Å². The number of ether oxygens (including phenoxy) is 1. The molecular formula is C10H8N2O4S. The molecule has 0 spiro atoms. The third-order valence-electron chi connectivity index (χ3n) is 2.42. The minimum atomic E-state index is -1.12. The van der Waals surface area contributed by atoms with Crippen molar-refractivity contribution in [3.8, 4) is 5.95 Å². The number of fused-ring (bicyclic) bond motifs is 1. The molecule has 1 unspecified atom stereocenters. The number of furan rings is 1. The molecule has 88 valence electrons. The summed E-state index contributed by atoms with van der Waals surface area (Å²) in [5.74, 6) is -1.05. The van der Waals surface area contributed by atoms with Crippen molar-refractivity contribution in [3.63, 3.8) is 0 Å². The normalized spacial score (nSPS) is 18.0. The van der Waals surface area contributed by atoms with E-state index >= 15 is 0 Å². The minimum absolute atomic E-state index is 0.138. The highest BCUT2D eigenvalue weighted by Crippen LogP contribution is 2.36. The number of carbonyl (C=O) groups is 1. The van der Waals surface area contributed by atoms with E-state index in [1.54, 1.807) is 5.51 Å². The van der Waals surface area contributed by atoms with Crippen molar-refractivity contribution in [2.45, 2.75) is 6.10 Å². The Labute approximate surface area is 99.9 Å². The molecule has 17 heavy (non-hydrogen) atoms. The number of anilines is 1. The molecule has 1 aliphatic rings. The van der Waals surface area contributed by atoms with Gasteiger partial charge in [0.2, 0.25) is 5.76 Å². The Hall–Kier alpha value is -2.02. The lowest BCUT2D eigenvalue weighted by atomic mass is 10.2. The van der Waals surface area contributed by atoms with Crippen LogP contribution in [-0.4, -0.2) is 22.6 Å². The predicted molar refractivity (Wildman–Crippen MR) is 59.6 cm³/mol. The first-order chi connectivity index (χ1) is 8.24. The van der Waals surface area contributed by atoms with Crippen molar-refractivity contribution in [2.24, 2.45) is 0 Å². The average Bonchev–Trinajstić information content (AvgIpc) is 2.97. The van der Waals surface area contributed by atoms with Crippen molar-refractivity contribution in [3.05, 3.63) is 28.4 Å². The first-order valence-electron chi connectivity index (χ1n) is 4.90. The van der Waals surface area contributed by atoms with E-state index in [1.165, 1.54) is 17.4 Å². The average molecular weight is 252 g/mol. The van der Waals surface area contributed by atoms with Gasteiger partial charge >= 0.3 is 11.9 Å². The van der Waals surface area contributed by atoms with Crippen LogP contribution in [0.25, 0.3) is 0 Å². The second-order valence-corrected chi connectivity index (χ2v) is 4.24. The molecule has 0 bridgehead atoms. The molecule has 7 heteroatoms. The number of hydrogen-bond acceptors (Lipinski definition) is 6. The van der Waals surface area contributed by atoms with Crippen LogP contribution in [0.15, 0.2) is 21.4 Å². The standard InChI is InChI=1S/C10H8N2O4S/c13-9(14)7-1-5-10(15-7)16-8(2-11-5)6-3-17-4-12-6/h1,3-4,8,11H,2H2,(H,13,14). The molecule has 3 rings (SSSR count). The summed E-state index contributed by atoms with van der Waals surface area (Å²) in [5, 5.41) is 13.7. The van der Waals surface area contributed by atoms with E-state index < -0.39 is 5.97 Å². The van der Waals surface area contributed by atoms with Crippen molar-refractivity contribution in [1.82, 2.24) is 4.98 Å². The predicted octanol–water partition coefficient (Wildman–Crippen LogP) is 1.98. The second-order valence-electron chi connectivity index (χ2n) is 3.52. The number of nitrogens with zero attached hydrogens (tertiary/aromatic N) is 1. The monoisotopic (exact) mass is 252 g/mol. The van der Waals surface area contributed by atoms with Gasteiger partial charge in [0.1, 0.15) is 5.69 Å². The Morgan fingerprint density at radius 3 is 3.24 bits per heavy atom. The fourth-order valence-electron chi connectivity index (χ4n) is 1.61. The Morgan fingerprint density at radius 1 is 1.65 bits per heavy atom. The number of carboxylic acid groups (broad SMARTS) is 1. The van der Waals surface area contributed by atoms with E-state index in [-0.39, 0.29) is 17.8 Å². The molecule has 0 aromatic carbocycles. The molecule has 0 fully saturated rings. The molecular weight excluding hydrogens is 244 g/mol. The maximum Gasteiger partial charge on any atom is 0.372 e.